The van der Waals surface area contributed by atoms with Gasteiger partial charge in [0, 0.05) is 12.3 Å². The summed E-state index contributed by atoms with van der Waals surface area (Å²) in [4.78, 5) is 11.4. The van der Waals surface area contributed by atoms with Crippen LogP contribution in [0.4, 0.5) is 5.00 Å². The van der Waals surface area contributed by atoms with Gasteiger partial charge in [-0.1, -0.05) is 6.92 Å². The molecule has 0 spiro atoms. The maximum atomic E-state index is 11.4. The number of carbonyl (C=O) groups excluding carboxylic acids is 1. The molecule has 1 aromatic heterocycles. The normalized spacial score (nSPS) is 11.5. The molecule has 1 aromatic rings. The van der Waals surface area contributed by atoms with E-state index in [-0.39, 0.29) is 17.3 Å². The highest BCUT2D eigenvalue weighted by atomic mass is 32.2. The van der Waals surface area contributed by atoms with E-state index in [0.717, 1.165) is 0 Å². The SMILES string of the molecule is CCS(=O)(=O)CCNc1snc(C)c1C(C)=O. The lowest BCUT2D eigenvalue weighted by atomic mass is 10.2. The Morgan fingerprint density at radius 2 is 2.12 bits per heavy atom. The smallest absolute Gasteiger partial charge is 0.164 e. The third-order valence-corrected chi connectivity index (χ3v) is 4.96. The van der Waals surface area contributed by atoms with Crippen molar-refractivity contribution >= 4 is 32.2 Å². The predicted molar refractivity (Wildman–Crippen MR) is 69.7 cm³/mol. The Balaban J connectivity index is 2.68. The molecule has 0 aliphatic rings. The Kier molecular flexibility index (Phi) is 4.64. The van der Waals surface area contributed by atoms with Gasteiger partial charge in [0.05, 0.1) is 17.0 Å². The summed E-state index contributed by atoms with van der Waals surface area (Å²) in [5, 5.41) is 3.62. The highest BCUT2D eigenvalue weighted by Crippen LogP contribution is 2.24. The molecular formula is C10H16N2O3S2. The van der Waals surface area contributed by atoms with Crippen molar-refractivity contribution in [1.82, 2.24) is 4.37 Å². The average molecular weight is 276 g/mol. The Bertz CT molecular complexity index is 506. The van der Waals surface area contributed by atoms with Crippen LogP contribution in [-0.4, -0.2) is 36.6 Å². The first-order chi connectivity index (χ1) is 7.87. The molecule has 0 unspecified atom stereocenters. The molecule has 0 aliphatic carbocycles. The van der Waals surface area contributed by atoms with Crippen molar-refractivity contribution in [3.63, 3.8) is 0 Å². The Morgan fingerprint density at radius 3 is 2.65 bits per heavy atom. The Hall–Kier alpha value is -0.950. The molecule has 0 saturated heterocycles. The number of Topliss-reactive ketones (excluding diaryl/α,β-unsaturated/α-hetero) is 1. The van der Waals surface area contributed by atoms with E-state index in [1.54, 1.807) is 13.8 Å². The van der Waals surface area contributed by atoms with E-state index >= 15 is 0 Å². The van der Waals surface area contributed by atoms with Crippen molar-refractivity contribution in [2.24, 2.45) is 0 Å². The molecule has 5 nitrogen and oxygen atoms in total. The molecule has 0 fully saturated rings. The van der Waals surface area contributed by atoms with Crippen LogP contribution in [0.1, 0.15) is 29.9 Å². The third kappa shape index (κ3) is 3.78. The van der Waals surface area contributed by atoms with E-state index < -0.39 is 9.84 Å². The van der Waals surface area contributed by atoms with E-state index in [2.05, 4.69) is 9.69 Å². The van der Waals surface area contributed by atoms with Crippen LogP contribution < -0.4 is 5.32 Å². The third-order valence-electron chi connectivity index (χ3n) is 2.35. The van der Waals surface area contributed by atoms with Crippen LogP contribution in [0.25, 0.3) is 0 Å². The van der Waals surface area contributed by atoms with E-state index in [4.69, 9.17) is 0 Å². The molecule has 0 atom stereocenters. The number of aromatic nitrogens is 1. The summed E-state index contributed by atoms with van der Waals surface area (Å²) in [6.07, 6.45) is 0. The summed E-state index contributed by atoms with van der Waals surface area (Å²) in [6, 6.07) is 0. The number of nitrogens with one attached hydrogen (secondary N) is 1. The zero-order valence-corrected chi connectivity index (χ0v) is 11.7. The van der Waals surface area contributed by atoms with Crippen molar-refractivity contribution < 1.29 is 13.2 Å². The first-order valence-electron chi connectivity index (χ1n) is 5.29. The summed E-state index contributed by atoms with van der Waals surface area (Å²) in [7, 11) is -2.98. The minimum atomic E-state index is -2.98. The summed E-state index contributed by atoms with van der Waals surface area (Å²) < 4.78 is 26.7. The van der Waals surface area contributed by atoms with E-state index in [1.165, 1.54) is 18.5 Å². The van der Waals surface area contributed by atoms with Crippen LogP contribution in [0.2, 0.25) is 0 Å². The van der Waals surface area contributed by atoms with Crippen molar-refractivity contribution in [2.75, 3.05) is 23.4 Å². The van der Waals surface area contributed by atoms with E-state index in [1.807, 2.05) is 0 Å². The number of hydrogen-bond acceptors (Lipinski definition) is 6. The number of sulfone groups is 1. The largest absolute Gasteiger partial charge is 0.374 e. The summed E-state index contributed by atoms with van der Waals surface area (Å²) in [6.45, 7) is 5.16. The number of carbonyl (C=O) groups is 1. The fourth-order valence-electron chi connectivity index (χ4n) is 1.37. The highest BCUT2D eigenvalue weighted by Gasteiger charge is 2.15. The van der Waals surface area contributed by atoms with Gasteiger partial charge in [-0.15, -0.1) is 0 Å². The average Bonchev–Trinajstić information content (AvgIpc) is 2.59. The number of rotatable bonds is 6. The van der Waals surface area contributed by atoms with Crippen LogP contribution in [0.5, 0.6) is 0 Å². The number of anilines is 1. The summed E-state index contributed by atoms with van der Waals surface area (Å²) in [5.74, 6) is 0.144. The lowest BCUT2D eigenvalue weighted by molar-refractivity contribution is 0.101. The van der Waals surface area contributed by atoms with Gasteiger partial charge >= 0.3 is 0 Å². The van der Waals surface area contributed by atoms with E-state index in [9.17, 15) is 13.2 Å². The molecule has 1 N–H and O–H groups in total. The van der Waals surface area contributed by atoms with Gasteiger partial charge in [0.15, 0.2) is 15.6 Å². The second-order valence-electron chi connectivity index (χ2n) is 3.69. The lowest BCUT2D eigenvalue weighted by Gasteiger charge is -2.05. The molecule has 0 aromatic carbocycles. The van der Waals surface area contributed by atoms with Crippen molar-refractivity contribution in [2.45, 2.75) is 20.8 Å². The quantitative estimate of drug-likeness (QED) is 0.797. The minimum absolute atomic E-state index is 0.0582. The number of ketones is 1. The molecule has 7 heteroatoms. The van der Waals surface area contributed by atoms with Gasteiger partial charge in [0.25, 0.3) is 0 Å². The zero-order chi connectivity index (χ0) is 13.1. The predicted octanol–water partition coefficient (Wildman–Crippen LogP) is 1.50. The van der Waals surface area contributed by atoms with Crippen LogP contribution in [0, 0.1) is 6.92 Å². The van der Waals surface area contributed by atoms with Gasteiger partial charge in [-0.3, -0.25) is 4.79 Å². The Labute approximate surface area is 105 Å². The van der Waals surface area contributed by atoms with Gasteiger partial charge in [0.1, 0.15) is 5.00 Å². The molecular weight excluding hydrogens is 260 g/mol. The summed E-state index contributed by atoms with van der Waals surface area (Å²) in [5.41, 5.74) is 1.24. The second kappa shape index (κ2) is 5.59. The molecule has 0 radical (unpaired) electrons. The Morgan fingerprint density at radius 1 is 1.47 bits per heavy atom. The minimum Gasteiger partial charge on any atom is -0.374 e. The molecule has 1 heterocycles. The molecule has 0 bridgehead atoms. The maximum Gasteiger partial charge on any atom is 0.164 e. The topological polar surface area (TPSA) is 76.1 Å². The fourth-order valence-corrected chi connectivity index (χ4v) is 2.94. The van der Waals surface area contributed by atoms with E-state index in [0.29, 0.717) is 22.8 Å². The standard InChI is InChI=1S/C10H16N2O3S2/c1-4-17(14,15)6-5-11-10-9(8(3)13)7(2)12-16-10/h11H,4-6H2,1-3H3. The van der Waals surface area contributed by atoms with Crippen molar-refractivity contribution in [3.8, 4) is 0 Å². The number of aryl methyl sites for hydroxylation is 1. The van der Waals surface area contributed by atoms with Gasteiger partial charge in [-0.05, 0) is 25.4 Å². The maximum absolute atomic E-state index is 11.4. The fraction of sp³-hybridized carbons (Fsp3) is 0.600. The van der Waals surface area contributed by atoms with Gasteiger partial charge in [-0.2, -0.15) is 4.37 Å². The highest BCUT2D eigenvalue weighted by molar-refractivity contribution is 7.91. The summed E-state index contributed by atoms with van der Waals surface area (Å²) >= 11 is 1.19. The monoisotopic (exact) mass is 276 g/mol. The first kappa shape index (κ1) is 14.1. The molecule has 0 saturated carbocycles. The van der Waals surface area contributed by atoms with Gasteiger partial charge in [0.2, 0.25) is 0 Å². The molecule has 0 aliphatic heterocycles. The number of hydrogen-bond donors (Lipinski definition) is 1. The molecule has 0 amide bonds. The molecule has 1 rings (SSSR count). The van der Waals surface area contributed by atoms with Crippen LogP contribution in [0.15, 0.2) is 0 Å². The molecule has 17 heavy (non-hydrogen) atoms. The van der Waals surface area contributed by atoms with Gasteiger partial charge in [-0.25, -0.2) is 8.42 Å². The second-order valence-corrected chi connectivity index (χ2v) is 6.94. The van der Waals surface area contributed by atoms with Crippen molar-refractivity contribution in [1.29, 1.82) is 0 Å². The van der Waals surface area contributed by atoms with Crippen LogP contribution in [0.3, 0.4) is 0 Å². The van der Waals surface area contributed by atoms with Gasteiger partial charge < -0.3 is 5.32 Å². The van der Waals surface area contributed by atoms with Crippen LogP contribution >= 0.6 is 11.5 Å². The van der Waals surface area contributed by atoms with Crippen molar-refractivity contribution in [3.05, 3.63) is 11.3 Å². The molecule has 96 valence electrons. The zero-order valence-electron chi connectivity index (χ0n) is 10.1. The first-order valence-corrected chi connectivity index (χ1v) is 7.88. The lowest BCUT2D eigenvalue weighted by Crippen LogP contribution is -2.17. The number of nitrogens with zero attached hydrogens (tertiary/aromatic N) is 1. The van der Waals surface area contributed by atoms with Crippen LogP contribution in [-0.2, 0) is 9.84 Å².